The fourth-order valence-electron chi connectivity index (χ4n) is 2.17. The van der Waals surface area contributed by atoms with E-state index < -0.39 is 0 Å². The normalized spacial score (nSPS) is 10.7. The summed E-state index contributed by atoms with van der Waals surface area (Å²) >= 11 is 0. The summed E-state index contributed by atoms with van der Waals surface area (Å²) in [6, 6.07) is 4.63. The number of rotatable bonds is 5. The summed E-state index contributed by atoms with van der Waals surface area (Å²) in [6.45, 7) is 2.12. The fourth-order valence-corrected chi connectivity index (χ4v) is 2.17. The summed E-state index contributed by atoms with van der Waals surface area (Å²) in [6.07, 6.45) is 7.06. The lowest BCUT2D eigenvalue weighted by molar-refractivity contribution is -0.115. The number of aryl methyl sites for hydroxylation is 1. The summed E-state index contributed by atoms with van der Waals surface area (Å²) in [5, 5.41) is 5.82. The van der Waals surface area contributed by atoms with Gasteiger partial charge in [0.05, 0.1) is 12.4 Å². The van der Waals surface area contributed by atoms with E-state index in [0.29, 0.717) is 17.8 Å². The zero-order valence-corrected chi connectivity index (χ0v) is 12.6. The Hall–Kier alpha value is -2.96. The highest BCUT2D eigenvalue weighted by atomic mass is 19.1. The maximum absolute atomic E-state index is 13.4. The van der Waals surface area contributed by atoms with Gasteiger partial charge in [-0.1, -0.05) is 6.07 Å². The molecule has 2 aromatic heterocycles. The first-order chi connectivity index (χ1) is 11.1. The second kappa shape index (κ2) is 6.43. The van der Waals surface area contributed by atoms with E-state index >= 15 is 0 Å². The van der Waals surface area contributed by atoms with E-state index in [-0.39, 0.29) is 18.1 Å². The van der Waals surface area contributed by atoms with E-state index in [2.05, 4.69) is 20.6 Å². The van der Waals surface area contributed by atoms with Crippen molar-refractivity contribution in [2.24, 2.45) is 0 Å². The smallest absolute Gasteiger partial charge is 0.226 e. The molecule has 0 atom stereocenters. The van der Waals surface area contributed by atoms with Gasteiger partial charge in [-0.2, -0.15) is 0 Å². The monoisotopic (exact) mass is 313 g/mol. The highest BCUT2D eigenvalue weighted by Crippen LogP contribution is 2.14. The lowest BCUT2D eigenvalue weighted by atomic mass is 10.2. The first-order valence-corrected chi connectivity index (χ1v) is 7.20. The Morgan fingerprint density at radius 2 is 2.22 bits per heavy atom. The minimum absolute atomic E-state index is 0.184. The molecule has 0 unspecified atom stereocenters. The standard InChI is InChI=1S/C16H16FN5O/c1-11-2-3-12(8-13(11)17)21-16(23)4-5-19-15-10-20-14-9-18-6-7-22(14)15/h2-3,6-10,19H,4-5H2,1H3,(H,21,23). The number of hydrogen-bond acceptors (Lipinski definition) is 4. The van der Waals surface area contributed by atoms with Crippen LogP contribution in [0.25, 0.3) is 5.65 Å². The number of benzene rings is 1. The molecule has 3 aromatic rings. The van der Waals surface area contributed by atoms with Crippen LogP contribution in [0, 0.1) is 12.7 Å². The SMILES string of the molecule is Cc1ccc(NC(=O)CCNc2cnc3cnccn23)cc1F. The summed E-state index contributed by atoms with van der Waals surface area (Å²) in [4.78, 5) is 20.1. The first-order valence-electron chi connectivity index (χ1n) is 7.20. The Bertz CT molecular complexity index is 845. The number of amides is 1. The van der Waals surface area contributed by atoms with Crippen LogP contribution in [0.15, 0.2) is 43.0 Å². The number of hydrogen-bond donors (Lipinski definition) is 2. The largest absolute Gasteiger partial charge is 0.369 e. The van der Waals surface area contributed by atoms with Crippen LogP contribution in [0.2, 0.25) is 0 Å². The highest BCUT2D eigenvalue weighted by Gasteiger charge is 2.06. The van der Waals surface area contributed by atoms with Crippen molar-refractivity contribution < 1.29 is 9.18 Å². The Morgan fingerprint density at radius 3 is 3.04 bits per heavy atom. The molecule has 118 valence electrons. The van der Waals surface area contributed by atoms with Crippen molar-refractivity contribution in [1.82, 2.24) is 14.4 Å². The third-order valence-electron chi connectivity index (χ3n) is 3.43. The Balaban J connectivity index is 1.54. The number of imidazole rings is 1. The van der Waals surface area contributed by atoms with Gasteiger partial charge in [0.2, 0.25) is 5.91 Å². The van der Waals surface area contributed by atoms with Crippen LogP contribution in [0.5, 0.6) is 0 Å². The molecular formula is C16H16FN5O. The molecule has 0 bridgehead atoms. The van der Waals surface area contributed by atoms with Gasteiger partial charge in [-0.3, -0.25) is 14.2 Å². The summed E-state index contributed by atoms with van der Waals surface area (Å²) in [5.41, 5.74) is 1.74. The van der Waals surface area contributed by atoms with Crippen molar-refractivity contribution in [2.75, 3.05) is 17.2 Å². The zero-order valence-electron chi connectivity index (χ0n) is 12.6. The molecule has 0 aliphatic rings. The lowest BCUT2D eigenvalue weighted by Crippen LogP contribution is -2.16. The van der Waals surface area contributed by atoms with Gasteiger partial charge < -0.3 is 10.6 Å². The number of carbonyl (C=O) groups excluding carboxylic acids is 1. The zero-order chi connectivity index (χ0) is 16.2. The van der Waals surface area contributed by atoms with Gasteiger partial charge in [0.15, 0.2) is 5.65 Å². The Kier molecular flexibility index (Phi) is 4.18. The predicted octanol–water partition coefficient (Wildman–Crippen LogP) is 2.62. The van der Waals surface area contributed by atoms with Crippen LogP contribution in [0.4, 0.5) is 15.9 Å². The third-order valence-corrected chi connectivity index (χ3v) is 3.43. The van der Waals surface area contributed by atoms with Crippen LogP contribution in [0.3, 0.4) is 0 Å². The van der Waals surface area contributed by atoms with Crippen LogP contribution in [-0.2, 0) is 4.79 Å². The van der Waals surface area contributed by atoms with Crippen LogP contribution < -0.4 is 10.6 Å². The molecule has 0 radical (unpaired) electrons. The fraction of sp³-hybridized carbons (Fsp3) is 0.188. The molecule has 1 amide bonds. The van der Waals surface area contributed by atoms with Crippen LogP contribution >= 0.6 is 0 Å². The molecule has 1 aromatic carbocycles. The number of aromatic nitrogens is 3. The molecule has 0 aliphatic heterocycles. The molecule has 3 rings (SSSR count). The average molecular weight is 313 g/mol. The first kappa shape index (κ1) is 15.0. The minimum Gasteiger partial charge on any atom is -0.369 e. The molecule has 0 aliphatic carbocycles. The molecule has 2 N–H and O–H groups in total. The molecule has 0 saturated heterocycles. The topological polar surface area (TPSA) is 71.3 Å². The third kappa shape index (κ3) is 3.45. The van der Waals surface area contributed by atoms with Crippen molar-refractivity contribution in [2.45, 2.75) is 13.3 Å². The Labute approximate surface area is 132 Å². The second-order valence-electron chi connectivity index (χ2n) is 5.14. The summed E-state index contributed by atoms with van der Waals surface area (Å²) in [7, 11) is 0. The molecule has 6 nitrogen and oxygen atoms in total. The molecule has 2 heterocycles. The number of carbonyl (C=O) groups is 1. The van der Waals surface area contributed by atoms with E-state index in [0.717, 1.165) is 11.5 Å². The summed E-state index contributed by atoms with van der Waals surface area (Å²) < 4.78 is 15.3. The van der Waals surface area contributed by atoms with E-state index in [1.165, 1.54) is 6.07 Å². The maximum atomic E-state index is 13.4. The molecule has 23 heavy (non-hydrogen) atoms. The lowest BCUT2D eigenvalue weighted by Gasteiger charge is -2.08. The van der Waals surface area contributed by atoms with Crippen LogP contribution in [-0.4, -0.2) is 26.8 Å². The van der Waals surface area contributed by atoms with Gasteiger partial charge >= 0.3 is 0 Å². The minimum atomic E-state index is -0.333. The van der Waals surface area contributed by atoms with E-state index in [1.807, 2.05) is 4.40 Å². The Morgan fingerprint density at radius 1 is 1.35 bits per heavy atom. The molecule has 0 spiro atoms. The van der Waals surface area contributed by atoms with Crippen LogP contribution in [0.1, 0.15) is 12.0 Å². The number of halogens is 1. The number of nitrogens with zero attached hydrogens (tertiary/aromatic N) is 3. The van der Waals surface area contributed by atoms with E-state index in [4.69, 9.17) is 0 Å². The van der Waals surface area contributed by atoms with Crippen molar-refractivity contribution in [3.05, 3.63) is 54.4 Å². The second-order valence-corrected chi connectivity index (χ2v) is 5.14. The average Bonchev–Trinajstić information content (AvgIpc) is 2.94. The molecule has 0 saturated carbocycles. The highest BCUT2D eigenvalue weighted by molar-refractivity contribution is 5.91. The van der Waals surface area contributed by atoms with Gasteiger partial charge in [-0.05, 0) is 24.6 Å². The quantitative estimate of drug-likeness (QED) is 0.759. The predicted molar refractivity (Wildman–Crippen MR) is 85.9 cm³/mol. The number of fused-ring (bicyclic) bond motifs is 1. The van der Waals surface area contributed by atoms with Gasteiger partial charge in [-0.15, -0.1) is 0 Å². The van der Waals surface area contributed by atoms with Gasteiger partial charge in [0.1, 0.15) is 11.6 Å². The van der Waals surface area contributed by atoms with Crippen molar-refractivity contribution in [3.63, 3.8) is 0 Å². The van der Waals surface area contributed by atoms with Gasteiger partial charge in [-0.25, -0.2) is 9.37 Å². The maximum Gasteiger partial charge on any atom is 0.226 e. The molecule has 7 heteroatoms. The van der Waals surface area contributed by atoms with Crippen molar-refractivity contribution in [1.29, 1.82) is 0 Å². The number of nitrogens with one attached hydrogen (secondary N) is 2. The van der Waals surface area contributed by atoms with E-state index in [1.54, 1.807) is 43.8 Å². The molecule has 0 fully saturated rings. The van der Waals surface area contributed by atoms with E-state index in [9.17, 15) is 9.18 Å². The number of anilines is 2. The van der Waals surface area contributed by atoms with Crippen molar-refractivity contribution >= 4 is 23.1 Å². The van der Waals surface area contributed by atoms with Gasteiger partial charge in [0, 0.05) is 31.0 Å². The van der Waals surface area contributed by atoms with Gasteiger partial charge in [0.25, 0.3) is 0 Å². The molecular weight excluding hydrogens is 297 g/mol. The van der Waals surface area contributed by atoms with Crippen molar-refractivity contribution in [3.8, 4) is 0 Å². The summed E-state index contributed by atoms with van der Waals surface area (Å²) in [5.74, 6) is 0.271.